The normalized spacial score (nSPS) is 11.2. The molecule has 9 heteroatoms. The maximum absolute atomic E-state index is 12.6. The van der Waals surface area contributed by atoms with Gasteiger partial charge in [-0.15, -0.1) is 0 Å². The van der Waals surface area contributed by atoms with Crippen molar-refractivity contribution in [2.75, 3.05) is 0 Å². The lowest BCUT2D eigenvalue weighted by Crippen LogP contribution is -2.16. The highest BCUT2D eigenvalue weighted by Gasteiger charge is 2.12. The Bertz CT molecular complexity index is 1700. The Hall–Kier alpha value is -4.08. The zero-order valence-electron chi connectivity index (χ0n) is 23.4. The zero-order valence-corrected chi connectivity index (χ0v) is 26.5. The van der Waals surface area contributed by atoms with Gasteiger partial charge in [0.25, 0.3) is 0 Å². The Morgan fingerprint density at radius 1 is 0.881 bits per heavy atom. The van der Waals surface area contributed by atoms with E-state index >= 15 is 0 Å². The smallest absolute Gasteiger partial charge is 0.307 e. The molecule has 0 saturated carbocycles. The molecule has 0 fully saturated rings. The molecule has 2 aromatic heterocycles. The van der Waals surface area contributed by atoms with Crippen LogP contribution in [0.15, 0.2) is 103 Å². The van der Waals surface area contributed by atoms with Gasteiger partial charge < -0.3 is 18.5 Å². The van der Waals surface area contributed by atoms with E-state index in [1.807, 2.05) is 48.5 Å². The largest absolute Gasteiger partial charge is 0.487 e. The van der Waals surface area contributed by atoms with Gasteiger partial charge in [-0.1, -0.05) is 29.8 Å². The number of nitrogens with zero attached hydrogens (tertiary/aromatic N) is 2. The van der Waals surface area contributed by atoms with Crippen molar-refractivity contribution in [1.29, 1.82) is 0 Å². The number of ether oxygens (including phenoxy) is 2. The molecule has 0 spiro atoms. The first kappa shape index (κ1) is 29.4. The van der Waals surface area contributed by atoms with Crippen molar-refractivity contribution in [3.63, 3.8) is 0 Å². The van der Waals surface area contributed by atoms with Crippen LogP contribution >= 0.6 is 31.9 Å². The van der Waals surface area contributed by atoms with Crippen LogP contribution < -0.4 is 14.9 Å². The molecule has 0 aliphatic heterocycles. The summed E-state index contributed by atoms with van der Waals surface area (Å²) in [4.78, 5) is 12.6. The number of hydrazone groups is 1. The molecule has 214 valence electrons. The van der Waals surface area contributed by atoms with Crippen LogP contribution in [0.4, 0.5) is 0 Å². The summed E-state index contributed by atoms with van der Waals surface area (Å²) in [5.41, 5.74) is 8.94. The van der Waals surface area contributed by atoms with Gasteiger partial charge in [0.05, 0.1) is 15.2 Å². The molecule has 1 N–H and O–H groups in total. The van der Waals surface area contributed by atoms with E-state index in [-0.39, 0.29) is 12.4 Å². The van der Waals surface area contributed by atoms with Crippen molar-refractivity contribution in [2.45, 2.75) is 34.0 Å². The quantitative estimate of drug-likeness (QED) is 0.118. The number of aryl methyl sites for hydroxylation is 3. The summed E-state index contributed by atoms with van der Waals surface area (Å²) in [6.07, 6.45) is 1.55. The summed E-state index contributed by atoms with van der Waals surface area (Å²) in [5, 5.41) is 4.08. The number of carbonyl (C=O) groups is 1. The summed E-state index contributed by atoms with van der Waals surface area (Å²) >= 11 is 7.13. The minimum atomic E-state index is -0.462. The Balaban J connectivity index is 1.13. The van der Waals surface area contributed by atoms with Gasteiger partial charge in [0, 0.05) is 17.1 Å². The average Bonchev–Trinajstić information content (AvgIpc) is 3.58. The summed E-state index contributed by atoms with van der Waals surface area (Å²) < 4.78 is 21.2. The van der Waals surface area contributed by atoms with Crippen molar-refractivity contribution in [3.8, 4) is 17.2 Å². The Labute approximate surface area is 261 Å². The lowest BCUT2D eigenvalue weighted by atomic mass is 10.1. The first-order chi connectivity index (χ1) is 20.3. The second kappa shape index (κ2) is 13.3. The third-order valence-electron chi connectivity index (χ3n) is 6.50. The number of hydrogen-bond acceptors (Lipinski definition) is 5. The molecule has 0 saturated heterocycles. The Morgan fingerprint density at radius 2 is 1.60 bits per heavy atom. The van der Waals surface area contributed by atoms with Gasteiger partial charge in [-0.25, -0.2) is 5.43 Å². The fourth-order valence-corrected chi connectivity index (χ4v) is 5.92. The molecule has 0 atom stereocenters. The van der Waals surface area contributed by atoms with Crippen LogP contribution in [0.1, 0.15) is 44.4 Å². The molecule has 1 amide bonds. The van der Waals surface area contributed by atoms with E-state index in [2.05, 4.69) is 92.0 Å². The minimum Gasteiger partial charge on any atom is -0.487 e. The van der Waals surface area contributed by atoms with Gasteiger partial charge in [-0.3, -0.25) is 4.79 Å². The van der Waals surface area contributed by atoms with Gasteiger partial charge in [-0.05, 0) is 124 Å². The minimum absolute atomic E-state index is 0.141. The molecule has 0 aliphatic rings. The van der Waals surface area contributed by atoms with Gasteiger partial charge in [0.15, 0.2) is 5.76 Å². The fraction of sp³-hybridized carbons (Fsp3) is 0.152. The molecule has 0 bridgehead atoms. The van der Waals surface area contributed by atoms with E-state index < -0.39 is 5.91 Å². The number of benzene rings is 3. The maximum atomic E-state index is 12.6. The Morgan fingerprint density at radius 3 is 2.29 bits per heavy atom. The number of nitrogens with one attached hydrogen (secondary N) is 1. The second-order valence-electron chi connectivity index (χ2n) is 9.79. The van der Waals surface area contributed by atoms with Crippen LogP contribution in [0.5, 0.6) is 11.5 Å². The first-order valence-corrected chi connectivity index (χ1v) is 14.8. The molecule has 0 unspecified atom stereocenters. The third-order valence-corrected chi connectivity index (χ3v) is 7.68. The van der Waals surface area contributed by atoms with Crippen molar-refractivity contribution >= 4 is 44.0 Å². The topological polar surface area (TPSA) is 78.0 Å². The number of halogens is 2. The van der Waals surface area contributed by atoms with Crippen LogP contribution in [-0.2, 0) is 13.2 Å². The molecule has 3 aromatic carbocycles. The van der Waals surface area contributed by atoms with Crippen molar-refractivity contribution in [1.82, 2.24) is 9.99 Å². The predicted molar refractivity (Wildman–Crippen MR) is 171 cm³/mol. The summed E-state index contributed by atoms with van der Waals surface area (Å²) in [6, 6.07) is 27.2. The SMILES string of the molecule is Cc1cccc(COc2c(Br)cc(/C=N/NC(=O)c3ccc(COc4ccc(-n5c(C)ccc5C)cc4)o3)cc2Br)c1. The van der Waals surface area contributed by atoms with Crippen LogP contribution in [0.2, 0.25) is 0 Å². The van der Waals surface area contributed by atoms with Crippen molar-refractivity contribution in [2.24, 2.45) is 5.10 Å². The van der Waals surface area contributed by atoms with Gasteiger partial charge >= 0.3 is 5.91 Å². The summed E-state index contributed by atoms with van der Waals surface area (Å²) in [5.74, 6) is 1.60. The van der Waals surface area contributed by atoms with Crippen LogP contribution in [0.3, 0.4) is 0 Å². The van der Waals surface area contributed by atoms with Crippen LogP contribution in [-0.4, -0.2) is 16.7 Å². The lowest BCUT2D eigenvalue weighted by Gasteiger charge is -2.11. The average molecular weight is 691 g/mol. The van der Waals surface area contributed by atoms with E-state index in [0.29, 0.717) is 23.9 Å². The molecule has 42 heavy (non-hydrogen) atoms. The van der Waals surface area contributed by atoms with Gasteiger partial charge in [0.2, 0.25) is 0 Å². The van der Waals surface area contributed by atoms with E-state index in [1.165, 1.54) is 17.0 Å². The number of rotatable bonds is 10. The predicted octanol–water partition coefficient (Wildman–Crippen LogP) is 8.44. The van der Waals surface area contributed by atoms with Gasteiger partial charge in [-0.2, -0.15) is 5.10 Å². The first-order valence-electron chi connectivity index (χ1n) is 13.2. The molecular weight excluding hydrogens is 662 g/mol. The highest BCUT2D eigenvalue weighted by molar-refractivity contribution is 9.11. The molecule has 0 aliphatic carbocycles. The van der Waals surface area contributed by atoms with Crippen molar-refractivity contribution in [3.05, 3.63) is 133 Å². The standard InChI is InChI=1S/C33H29Br2N3O4/c1-21-5-4-6-24(15-21)19-41-32-29(34)16-25(17-30(32)35)18-36-37-33(39)31-14-13-28(42-31)20-40-27-11-9-26(10-12-27)38-22(2)7-8-23(38)3/h4-18H,19-20H2,1-3H3,(H,37,39)/b36-18+. The van der Waals surface area contributed by atoms with E-state index in [9.17, 15) is 4.79 Å². The molecule has 0 radical (unpaired) electrons. The summed E-state index contributed by atoms with van der Waals surface area (Å²) in [6.45, 7) is 6.84. The molecule has 5 rings (SSSR count). The number of furan rings is 1. The lowest BCUT2D eigenvalue weighted by molar-refractivity contribution is 0.0923. The zero-order chi connectivity index (χ0) is 29.6. The Kier molecular flexibility index (Phi) is 9.29. The van der Waals surface area contributed by atoms with E-state index in [0.717, 1.165) is 25.8 Å². The molecule has 7 nitrogen and oxygen atoms in total. The van der Waals surface area contributed by atoms with Gasteiger partial charge in [0.1, 0.15) is 30.5 Å². The highest BCUT2D eigenvalue weighted by Crippen LogP contribution is 2.35. The number of hydrogen-bond donors (Lipinski definition) is 1. The van der Waals surface area contributed by atoms with Crippen LogP contribution in [0.25, 0.3) is 5.69 Å². The highest BCUT2D eigenvalue weighted by atomic mass is 79.9. The van der Waals surface area contributed by atoms with E-state index in [4.69, 9.17) is 13.9 Å². The molecule has 5 aromatic rings. The van der Waals surface area contributed by atoms with Crippen molar-refractivity contribution < 1.29 is 18.7 Å². The summed E-state index contributed by atoms with van der Waals surface area (Å²) in [7, 11) is 0. The number of aromatic nitrogens is 1. The fourth-order valence-electron chi connectivity index (χ4n) is 4.47. The molecule has 2 heterocycles. The number of carbonyl (C=O) groups excluding carboxylic acids is 1. The maximum Gasteiger partial charge on any atom is 0.307 e. The second-order valence-corrected chi connectivity index (χ2v) is 11.5. The monoisotopic (exact) mass is 689 g/mol. The van der Waals surface area contributed by atoms with E-state index in [1.54, 1.807) is 18.3 Å². The molecular formula is C33H29Br2N3O4. The number of amides is 1. The third kappa shape index (κ3) is 7.21. The van der Waals surface area contributed by atoms with Crippen LogP contribution in [0, 0.1) is 20.8 Å².